The average Bonchev–Trinajstić information content (AvgIpc) is 2.93. The molecule has 4 aromatic rings. The van der Waals surface area contributed by atoms with Gasteiger partial charge < -0.3 is 9.80 Å². The van der Waals surface area contributed by atoms with Crippen LogP contribution in [0.1, 0.15) is 31.8 Å². The van der Waals surface area contributed by atoms with Gasteiger partial charge in [0.2, 0.25) is 0 Å². The molecule has 1 fully saturated rings. The van der Waals surface area contributed by atoms with Crippen molar-refractivity contribution in [3.05, 3.63) is 107 Å². The first kappa shape index (κ1) is 22.4. The van der Waals surface area contributed by atoms with Gasteiger partial charge in [0, 0.05) is 43.5 Å². The van der Waals surface area contributed by atoms with Crippen LogP contribution in [0.4, 0.5) is 5.82 Å². The van der Waals surface area contributed by atoms with E-state index in [0.717, 1.165) is 22.8 Å². The number of anilines is 1. The van der Waals surface area contributed by atoms with E-state index in [9.17, 15) is 9.59 Å². The van der Waals surface area contributed by atoms with Crippen LogP contribution in [-0.4, -0.2) is 58.0 Å². The lowest BCUT2D eigenvalue weighted by molar-refractivity contribution is 0.0742. The second-order valence-electron chi connectivity index (χ2n) is 8.51. The van der Waals surface area contributed by atoms with Gasteiger partial charge in [0.15, 0.2) is 11.6 Å². The summed E-state index contributed by atoms with van der Waals surface area (Å²) in [4.78, 5) is 34.7. The highest BCUT2D eigenvalue weighted by molar-refractivity contribution is 6.15. The maximum Gasteiger partial charge on any atom is 0.254 e. The molecule has 0 saturated carbocycles. The molecular formula is C28H25N5O2. The van der Waals surface area contributed by atoms with Crippen LogP contribution >= 0.6 is 0 Å². The molecule has 7 nitrogen and oxygen atoms in total. The summed E-state index contributed by atoms with van der Waals surface area (Å²) in [5.74, 6) is 0.500. The van der Waals surface area contributed by atoms with Crippen LogP contribution in [0.5, 0.6) is 0 Å². The zero-order valence-corrected chi connectivity index (χ0v) is 19.5. The van der Waals surface area contributed by atoms with Crippen molar-refractivity contribution in [1.29, 1.82) is 0 Å². The number of piperazine rings is 1. The van der Waals surface area contributed by atoms with Crippen molar-refractivity contribution in [2.45, 2.75) is 6.92 Å². The van der Waals surface area contributed by atoms with Crippen LogP contribution in [0, 0.1) is 6.92 Å². The number of nitrogens with zero attached hydrogens (tertiary/aromatic N) is 5. The number of carbonyl (C=O) groups excluding carboxylic acids is 2. The van der Waals surface area contributed by atoms with E-state index in [0.29, 0.717) is 42.9 Å². The Morgan fingerprint density at radius 2 is 1.43 bits per heavy atom. The molecule has 5 rings (SSSR count). The van der Waals surface area contributed by atoms with Gasteiger partial charge in [0.25, 0.3) is 5.91 Å². The summed E-state index contributed by atoms with van der Waals surface area (Å²) in [6.07, 6.45) is 1.73. The minimum atomic E-state index is -0.143. The maximum absolute atomic E-state index is 13.4. The molecule has 0 unspecified atom stereocenters. The molecule has 0 aliphatic carbocycles. The molecule has 0 radical (unpaired) electrons. The molecule has 1 saturated heterocycles. The van der Waals surface area contributed by atoms with E-state index in [1.165, 1.54) is 0 Å². The lowest BCUT2D eigenvalue weighted by atomic mass is 9.97. The van der Waals surface area contributed by atoms with E-state index < -0.39 is 0 Å². The number of hydrogen-bond donors (Lipinski definition) is 0. The number of benzene rings is 2. The van der Waals surface area contributed by atoms with Crippen LogP contribution in [-0.2, 0) is 0 Å². The van der Waals surface area contributed by atoms with Crippen LogP contribution in [0.3, 0.4) is 0 Å². The van der Waals surface area contributed by atoms with E-state index in [2.05, 4.69) is 20.1 Å². The van der Waals surface area contributed by atoms with Crippen molar-refractivity contribution >= 4 is 17.5 Å². The van der Waals surface area contributed by atoms with E-state index in [1.807, 2.05) is 49.4 Å². The maximum atomic E-state index is 13.4. The van der Waals surface area contributed by atoms with Crippen LogP contribution < -0.4 is 4.90 Å². The van der Waals surface area contributed by atoms with Gasteiger partial charge in [0.1, 0.15) is 5.69 Å². The Morgan fingerprint density at radius 1 is 0.714 bits per heavy atom. The van der Waals surface area contributed by atoms with E-state index in [-0.39, 0.29) is 11.7 Å². The molecule has 0 atom stereocenters. The Balaban J connectivity index is 1.27. The number of carbonyl (C=O) groups is 2. The van der Waals surface area contributed by atoms with E-state index in [1.54, 1.807) is 47.5 Å². The molecule has 2 aromatic heterocycles. The van der Waals surface area contributed by atoms with Gasteiger partial charge in [-0.3, -0.25) is 14.6 Å². The third-order valence-corrected chi connectivity index (χ3v) is 6.18. The molecule has 0 spiro atoms. The molecule has 1 aliphatic rings. The molecular weight excluding hydrogens is 438 g/mol. The number of rotatable bonds is 5. The van der Waals surface area contributed by atoms with Gasteiger partial charge in [-0.1, -0.05) is 54.1 Å². The second kappa shape index (κ2) is 9.85. The normalized spacial score (nSPS) is 13.5. The summed E-state index contributed by atoms with van der Waals surface area (Å²) >= 11 is 0. The molecule has 3 heterocycles. The van der Waals surface area contributed by atoms with Gasteiger partial charge in [-0.05, 0) is 37.3 Å². The Kier molecular flexibility index (Phi) is 6.30. The Hall–Kier alpha value is -4.39. The summed E-state index contributed by atoms with van der Waals surface area (Å²) in [5, 5.41) is 8.69. The molecule has 7 heteroatoms. The summed E-state index contributed by atoms with van der Waals surface area (Å²) in [6, 6.07) is 24.0. The van der Waals surface area contributed by atoms with Gasteiger partial charge in [-0.15, -0.1) is 10.2 Å². The van der Waals surface area contributed by atoms with Crippen molar-refractivity contribution in [2.75, 3.05) is 31.1 Å². The number of ketones is 1. The molecule has 1 aliphatic heterocycles. The number of amides is 1. The van der Waals surface area contributed by atoms with Crippen LogP contribution in [0.15, 0.2) is 85.1 Å². The smallest absolute Gasteiger partial charge is 0.254 e. The topological polar surface area (TPSA) is 79.3 Å². The number of hydrogen-bond acceptors (Lipinski definition) is 6. The minimum absolute atomic E-state index is 0.128. The predicted molar refractivity (Wildman–Crippen MR) is 134 cm³/mol. The summed E-state index contributed by atoms with van der Waals surface area (Å²) in [6.45, 7) is 4.33. The van der Waals surface area contributed by atoms with Gasteiger partial charge in [-0.25, -0.2) is 0 Å². The van der Waals surface area contributed by atoms with Gasteiger partial charge >= 0.3 is 0 Å². The quantitative estimate of drug-likeness (QED) is 0.416. The Labute approximate surface area is 204 Å². The monoisotopic (exact) mass is 463 g/mol. The van der Waals surface area contributed by atoms with Crippen molar-refractivity contribution in [2.24, 2.45) is 0 Å². The first-order chi connectivity index (χ1) is 17.1. The molecule has 174 valence electrons. The molecule has 35 heavy (non-hydrogen) atoms. The Morgan fingerprint density at radius 3 is 2.09 bits per heavy atom. The standard InChI is InChI=1S/C28H25N5O2/c1-20-9-11-21(12-10-20)27(34)22-6-2-3-7-23(22)28(35)33-18-16-32(17-19-33)26-14-13-25(30-31-26)24-8-4-5-15-29-24/h2-15H,16-19H2,1H3. The predicted octanol–water partition coefficient (Wildman–Crippen LogP) is 4.04. The average molecular weight is 464 g/mol. The first-order valence-corrected chi connectivity index (χ1v) is 11.6. The van der Waals surface area contributed by atoms with E-state index >= 15 is 0 Å². The fourth-order valence-electron chi connectivity index (χ4n) is 4.18. The highest BCUT2D eigenvalue weighted by atomic mass is 16.2. The third kappa shape index (κ3) is 4.80. The fraction of sp³-hybridized carbons (Fsp3) is 0.179. The van der Waals surface area contributed by atoms with Crippen LogP contribution in [0.2, 0.25) is 0 Å². The number of aromatic nitrogens is 3. The number of pyridine rings is 1. The van der Waals surface area contributed by atoms with Crippen molar-refractivity contribution < 1.29 is 9.59 Å². The zero-order chi connectivity index (χ0) is 24.2. The van der Waals surface area contributed by atoms with Crippen LogP contribution in [0.25, 0.3) is 11.4 Å². The SMILES string of the molecule is Cc1ccc(C(=O)c2ccccc2C(=O)N2CCN(c3ccc(-c4ccccn4)nn3)CC2)cc1. The summed E-state index contributed by atoms with van der Waals surface area (Å²) < 4.78 is 0. The Bertz CT molecular complexity index is 1330. The second-order valence-corrected chi connectivity index (χ2v) is 8.51. The van der Waals surface area contributed by atoms with Crippen molar-refractivity contribution in [3.8, 4) is 11.4 Å². The number of aryl methyl sites for hydroxylation is 1. The molecule has 0 N–H and O–H groups in total. The first-order valence-electron chi connectivity index (χ1n) is 11.6. The largest absolute Gasteiger partial charge is 0.352 e. The molecule has 0 bridgehead atoms. The lowest BCUT2D eigenvalue weighted by Gasteiger charge is -2.35. The van der Waals surface area contributed by atoms with Crippen molar-refractivity contribution in [3.63, 3.8) is 0 Å². The zero-order valence-electron chi connectivity index (χ0n) is 19.5. The van der Waals surface area contributed by atoms with Gasteiger partial charge in [-0.2, -0.15) is 0 Å². The lowest BCUT2D eigenvalue weighted by Crippen LogP contribution is -2.49. The third-order valence-electron chi connectivity index (χ3n) is 6.18. The molecule has 1 amide bonds. The van der Waals surface area contributed by atoms with Gasteiger partial charge in [0.05, 0.1) is 11.3 Å². The molecule has 2 aromatic carbocycles. The van der Waals surface area contributed by atoms with E-state index in [4.69, 9.17) is 0 Å². The van der Waals surface area contributed by atoms with Crippen molar-refractivity contribution in [1.82, 2.24) is 20.1 Å². The highest BCUT2D eigenvalue weighted by Crippen LogP contribution is 2.21. The summed E-state index contributed by atoms with van der Waals surface area (Å²) in [7, 11) is 0. The fourth-order valence-corrected chi connectivity index (χ4v) is 4.18. The summed E-state index contributed by atoms with van der Waals surface area (Å²) in [5.41, 5.74) is 4.03. The highest BCUT2D eigenvalue weighted by Gasteiger charge is 2.26. The minimum Gasteiger partial charge on any atom is -0.352 e.